The molecule has 7 heteroatoms. The fraction of sp³-hybridized carbons (Fsp3) is 0.143. The van der Waals surface area contributed by atoms with E-state index in [1.165, 1.54) is 11.3 Å². The minimum absolute atomic E-state index is 0.103. The monoisotopic (exact) mass is 368 g/mol. The van der Waals surface area contributed by atoms with Crippen molar-refractivity contribution >= 4 is 45.0 Å². The fourth-order valence-electron chi connectivity index (χ4n) is 1.84. The van der Waals surface area contributed by atoms with Gasteiger partial charge in [-0.05, 0) is 40.5 Å². The molecule has 0 saturated carbocycles. The number of amides is 2. The summed E-state index contributed by atoms with van der Waals surface area (Å²) in [5, 5.41) is 16.4. The zero-order valence-electron chi connectivity index (χ0n) is 11.1. The fourth-order valence-corrected chi connectivity index (χ4v) is 3.23. The van der Waals surface area contributed by atoms with Crippen LogP contribution in [-0.4, -0.2) is 17.1 Å². The first kappa shape index (κ1) is 15.5. The normalized spacial score (nSPS) is 10.2. The van der Waals surface area contributed by atoms with Crippen LogP contribution in [-0.2, 0) is 6.54 Å². The standard InChI is InChI=1S/C14H13BrN2O3S/c1-8-3-2-4-11(12(8)13(18)19)17-14(20)16-6-10-5-9(15)7-21-10/h2-5,7H,6H2,1H3,(H,18,19)(H2,16,17,20). The van der Waals surface area contributed by atoms with Gasteiger partial charge in [-0.1, -0.05) is 12.1 Å². The van der Waals surface area contributed by atoms with Gasteiger partial charge in [0.2, 0.25) is 0 Å². The van der Waals surface area contributed by atoms with Gasteiger partial charge < -0.3 is 15.7 Å². The molecule has 5 nitrogen and oxygen atoms in total. The number of nitrogens with one attached hydrogen (secondary N) is 2. The first-order valence-electron chi connectivity index (χ1n) is 6.08. The molecule has 3 N–H and O–H groups in total. The molecule has 0 unspecified atom stereocenters. The van der Waals surface area contributed by atoms with E-state index in [-0.39, 0.29) is 11.3 Å². The Morgan fingerprint density at radius 1 is 1.38 bits per heavy atom. The summed E-state index contributed by atoms with van der Waals surface area (Å²) in [5.74, 6) is -1.06. The number of thiophene rings is 1. The Hall–Kier alpha value is -1.86. The molecule has 0 spiro atoms. The SMILES string of the molecule is Cc1cccc(NC(=O)NCc2cc(Br)cs2)c1C(=O)O. The van der Waals surface area contributed by atoms with Crippen LogP contribution >= 0.6 is 27.3 Å². The maximum atomic E-state index is 11.9. The molecule has 2 amide bonds. The van der Waals surface area contributed by atoms with Gasteiger partial charge in [0, 0.05) is 14.7 Å². The predicted octanol–water partition coefficient (Wildman–Crippen LogP) is 3.84. The molecule has 2 rings (SSSR count). The molecule has 1 aromatic heterocycles. The summed E-state index contributed by atoms with van der Waals surface area (Å²) in [6, 6.07) is 6.44. The largest absolute Gasteiger partial charge is 0.478 e. The highest BCUT2D eigenvalue weighted by atomic mass is 79.9. The molecule has 0 saturated heterocycles. The molecule has 0 aliphatic heterocycles. The van der Waals surface area contributed by atoms with Crippen LogP contribution in [0.1, 0.15) is 20.8 Å². The quantitative estimate of drug-likeness (QED) is 0.766. The molecule has 21 heavy (non-hydrogen) atoms. The van der Waals surface area contributed by atoms with E-state index in [4.69, 9.17) is 0 Å². The van der Waals surface area contributed by atoms with E-state index in [9.17, 15) is 14.7 Å². The Kier molecular flexibility index (Phi) is 4.98. The van der Waals surface area contributed by atoms with E-state index >= 15 is 0 Å². The van der Waals surface area contributed by atoms with Crippen molar-refractivity contribution in [3.63, 3.8) is 0 Å². The molecular weight excluding hydrogens is 356 g/mol. The number of hydrogen-bond acceptors (Lipinski definition) is 3. The second-order valence-electron chi connectivity index (χ2n) is 4.34. The molecule has 0 bridgehead atoms. The van der Waals surface area contributed by atoms with Gasteiger partial charge in [0.1, 0.15) is 0 Å². The third-order valence-electron chi connectivity index (χ3n) is 2.78. The Balaban J connectivity index is 2.03. The lowest BCUT2D eigenvalue weighted by molar-refractivity contribution is 0.0697. The maximum Gasteiger partial charge on any atom is 0.338 e. The zero-order chi connectivity index (χ0) is 15.4. The number of carbonyl (C=O) groups excluding carboxylic acids is 1. The van der Waals surface area contributed by atoms with Crippen molar-refractivity contribution < 1.29 is 14.7 Å². The summed E-state index contributed by atoms with van der Waals surface area (Å²) in [4.78, 5) is 24.1. The number of carboxylic acids is 1. The summed E-state index contributed by atoms with van der Waals surface area (Å²) in [5.41, 5.74) is 0.987. The van der Waals surface area contributed by atoms with Crippen LogP contribution in [0.5, 0.6) is 0 Å². The number of carboxylic acid groups (broad SMARTS) is 1. The van der Waals surface area contributed by atoms with Crippen LogP contribution in [0.25, 0.3) is 0 Å². The van der Waals surface area contributed by atoms with Crippen LogP contribution in [0, 0.1) is 6.92 Å². The first-order chi connectivity index (χ1) is 9.97. The third kappa shape index (κ3) is 4.05. The van der Waals surface area contributed by atoms with Crippen LogP contribution in [0.3, 0.4) is 0 Å². The van der Waals surface area contributed by atoms with E-state index in [0.717, 1.165) is 9.35 Å². The smallest absolute Gasteiger partial charge is 0.338 e. The topological polar surface area (TPSA) is 78.4 Å². The molecule has 0 atom stereocenters. The predicted molar refractivity (Wildman–Crippen MR) is 86.0 cm³/mol. The van der Waals surface area contributed by atoms with Crippen molar-refractivity contribution in [3.8, 4) is 0 Å². The summed E-state index contributed by atoms with van der Waals surface area (Å²) in [6.07, 6.45) is 0. The minimum atomic E-state index is -1.06. The van der Waals surface area contributed by atoms with Gasteiger partial charge in [0.05, 0.1) is 17.8 Å². The Labute approximate surface area is 134 Å². The number of anilines is 1. The number of aromatic carboxylic acids is 1. The van der Waals surface area contributed by atoms with Gasteiger partial charge in [-0.15, -0.1) is 11.3 Å². The molecule has 110 valence electrons. The number of aryl methyl sites for hydroxylation is 1. The van der Waals surface area contributed by atoms with Gasteiger partial charge in [-0.3, -0.25) is 0 Å². The molecule has 0 aliphatic rings. The van der Waals surface area contributed by atoms with E-state index in [0.29, 0.717) is 12.1 Å². The zero-order valence-corrected chi connectivity index (χ0v) is 13.5. The number of benzene rings is 1. The Bertz CT molecular complexity index is 685. The van der Waals surface area contributed by atoms with Gasteiger partial charge in [-0.2, -0.15) is 0 Å². The summed E-state index contributed by atoms with van der Waals surface area (Å²) in [7, 11) is 0. The first-order valence-corrected chi connectivity index (χ1v) is 7.75. The van der Waals surface area contributed by atoms with Gasteiger partial charge in [0.25, 0.3) is 0 Å². The molecular formula is C14H13BrN2O3S. The van der Waals surface area contributed by atoms with E-state index < -0.39 is 12.0 Å². The minimum Gasteiger partial charge on any atom is -0.478 e. The molecule has 2 aromatic rings. The van der Waals surface area contributed by atoms with Crippen LogP contribution in [0.15, 0.2) is 34.1 Å². The third-order valence-corrected chi connectivity index (χ3v) is 4.48. The van der Waals surface area contributed by atoms with Gasteiger partial charge >= 0.3 is 12.0 Å². The lowest BCUT2D eigenvalue weighted by Gasteiger charge is -2.11. The molecule has 0 radical (unpaired) electrons. The second-order valence-corrected chi connectivity index (χ2v) is 6.25. The van der Waals surface area contributed by atoms with E-state index in [1.807, 2.05) is 11.4 Å². The highest BCUT2D eigenvalue weighted by molar-refractivity contribution is 9.10. The Morgan fingerprint density at radius 2 is 2.14 bits per heavy atom. The average Bonchev–Trinajstić information content (AvgIpc) is 2.82. The Morgan fingerprint density at radius 3 is 2.76 bits per heavy atom. The lowest BCUT2D eigenvalue weighted by Crippen LogP contribution is -2.28. The number of halogens is 1. The second kappa shape index (κ2) is 6.73. The highest BCUT2D eigenvalue weighted by Gasteiger charge is 2.14. The lowest BCUT2D eigenvalue weighted by atomic mass is 10.1. The molecule has 1 aromatic carbocycles. The average molecular weight is 369 g/mol. The van der Waals surface area contributed by atoms with Crippen molar-refractivity contribution in [2.75, 3.05) is 5.32 Å². The van der Waals surface area contributed by atoms with Crippen molar-refractivity contribution in [3.05, 3.63) is 50.1 Å². The number of rotatable bonds is 4. The van der Waals surface area contributed by atoms with E-state index in [2.05, 4.69) is 26.6 Å². The van der Waals surface area contributed by atoms with Crippen LogP contribution in [0.4, 0.5) is 10.5 Å². The number of carbonyl (C=O) groups is 2. The highest BCUT2D eigenvalue weighted by Crippen LogP contribution is 2.20. The molecule has 0 fully saturated rings. The van der Waals surface area contributed by atoms with Crippen molar-refractivity contribution in [1.29, 1.82) is 0 Å². The van der Waals surface area contributed by atoms with Crippen molar-refractivity contribution in [2.24, 2.45) is 0 Å². The molecule has 0 aliphatic carbocycles. The van der Waals surface area contributed by atoms with Crippen molar-refractivity contribution in [2.45, 2.75) is 13.5 Å². The summed E-state index contributed by atoms with van der Waals surface area (Å²) >= 11 is 4.87. The van der Waals surface area contributed by atoms with Gasteiger partial charge in [0.15, 0.2) is 0 Å². The van der Waals surface area contributed by atoms with Crippen LogP contribution in [0.2, 0.25) is 0 Å². The van der Waals surface area contributed by atoms with Crippen molar-refractivity contribution in [1.82, 2.24) is 5.32 Å². The number of hydrogen-bond donors (Lipinski definition) is 3. The summed E-state index contributed by atoms with van der Waals surface area (Å²) < 4.78 is 0.969. The maximum absolute atomic E-state index is 11.9. The summed E-state index contributed by atoms with van der Waals surface area (Å²) in [6.45, 7) is 2.08. The number of urea groups is 1. The molecule has 1 heterocycles. The van der Waals surface area contributed by atoms with Gasteiger partial charge in [-0.25, -0.2) is 9.59 Å². The van der Waals surface area contributed by atoms with Crippen LogP contribution < -0.4 is 10.6 Å². The van der Waals surface area contributed by atoms with E-state index in [1.54, 1.807) is 25.1 Å².